The number of aliphatic hydroxyl groups is 3. The standard InChI is InChI=1S/C16H13ClN2O5.C4H11NO3.C2H6/c17-11-7-12-14(24-16(22)19(12)6-4-15(20)21)8-13(11)23-9-10-3-1-2-5-18-10;5-4(1-6,2-7)3-8;1-2/h1-3,5,7-8H,4,6,9H2,(H,20,21);6-8H,1-3,5H2;1-2H3. The summed E-state index contributed by atoms with van der Waals surface area (Å²) in [6.07, 6.45) is 1.47. The molecule has 0 spiro atoms. The maximum Gasteiger partial charge on any atom is 0.419 e. The molecule has 12 heteroatoms. The lowest BCUT2D eigenvalue weighted by atomic mass is 10.1. The molecular formula is C22H30ClN3O8. The second-order valence-corrected chi connectivity index (χ2v) is 7.27. The van der Waals surface area contributed by atoms with Crippen LogP contribution in [0.4, 0.5) is 0 Å². The summed E-state index contributed by atoms with van der Waals surface area (Å²) >= 11 is 6.19. The minimum absolute atomic E-state index is 0.00559. The van der Waals surface area contributed by atoms with Crippen LogP contribution in [0.3, 0.4) is 0 Å². The Hall–Kier alpha value is -2.96. The van der Waals surface area contributed by atoms with Crippen molar-refractivity contribution < 1.29 is 34.4 Å². The number of aryl methyl sites for hydroxylation is 1. The molecule has 2 heterocycles. The van der Waals surface area contributed by atoms with Gasteiger partial charge in [-0.2, -0.15) is 0 Å². The van der Waals surface area contributed by atoms with Crippen molar-refractivity contribution in [2.24, 2.45) is 5.73 Å². The average molecular weight is 500 g/mol. The van der Waals surface area contributed by atoms with Crippen LogP contribution < -0.4 is 16.2 Å². The van der Waals surface area contributed by atoms with Crippen LogP contribution >= 0.6 is 11.6 Å². The summed E-state index contributed by atoms with van der Waals surface area (Å²) in [6, 6.07) is 8.50. The number of oxazole rings is 1. The molecule has 0 aliphatic heterocycles. The van der Waals surface area contributed by atoms with Gasteiger partial charge < -0.3 is 35.3 Å². The third-order valence-electron chi connectivity index (χ3n) is 4.32. The Balaban J connectivity index is 0.000000493. The zero-order chi connectivity index (χ0) is 25.7. The van der Waals surface area contributed by atoms with Gasteiger partial charge >= 0.3 is 11.7 Å². The molecule has 3 rings (SSSR count). The van der Waals surface area contributed by atoms with Crippen molar-refractivity contribution in [3.8, 4) is 5.75 Å². The topological polar surface area (TPSA) is 181 Å². The zero-order valence-electron chi connectivity index (χ0n) is 19.0. The Morgan fingerprint density at radius 2 is 1.85 bits per heavy atom. The molecule has 34 heavy (non-hydrogen) atoms. The number of benzene rings is 1. The molecule has 1 aromatic carbocycles. The van der Waals surface area contributed by atoms with E-state index >= 15 is 0 Å². The van der Waals surface area contributed by atoms with E-state index in [4.69, 9.17) is 46.9 Å². The van der Waals surface area contributed by atoms with Crippen molar-refractivity contribution in [2.75, 3.05) is 19.8 Å². The van der Waals surface area contributed by atoms with Gasteiger partial charge in [-0.15, -0.1) is 0 Å². The molecule has 0 amide bonds. The molecule has 0 saturated carbocycles. The highest BCUT2D eigenvalue weighted by molar-refractivity contribution is 6.32. The van der Waals surface area contributed by atoms with E-state index in [1.807, 2.05) is 26.0 Å². The van der Waals surface area contributed by atoms with E-state index < -0.39 is 37.1 Å². The molecular weight excluding hydrogens is 470 g/mol. The largest absolute Gasteiger partial charge is 0.486 e. The first kappa shape index (κ1) is 29.1. The average Bonchev–Trinajstić information content (AvgIpc) is 3.16. The van der Waals surface area contributed by atoms with E-state index in [2.05, 4.69) is 4.98 Å². The number of nitrogens with two attached hydrogens (primary N) is 1. The lowest BCUT2D eigenvalue weighted by Crippen LogP contribution is -2.50. The number of nitrogens with zero attached hydrogens (tertiary/aromatic N) is 2. The molecule has 0 radical (unpaired) electrons. The van der Waals surface area contributed by atoms with Gasteiger partial charge in [-0.25, -0.2) is 4.79 Å². The number of carbonyl (C=O) groups is 1. The molecule has 3 aromatic rings. The summed E-state index contributed by atoms with van der Waals surface area (Å²) in [5.74, 6) is -1.28. The number of hydrogen-bond donors (Lipinski definition) is 5. The highest BCUT2D eigenvalue weighted by Crippen LogP contribution is 2.30. The fraction of sp³-hybridized carbons (Fsp3) is 0.409. The van der Waals surface area contributed by atoms with Gasteiger partial charge in [0, 0.05) is 18.8 Å². The van der Waals surface area contributed by atoms with Gasteiger partial charge in [-0.3, -0.25) is 14.3 Å². The number of halogens is 1. The van der Waals surface area contributed by atoms with Crippen molar-refractivity contribution in [1.29, 1.82) is 0 Å². The second-order valence-electron chi connectivity index (χ2n) is 6.86. The molecule has 0 unspecified atom stereocenters. The fourth-order valence-electron chi connectivity index (χ4n) is 2.38. The van der Waals surface area contributed by atoms with Crippen LogP contribution in [0.2, 0.25) is 5.02 Å². The molecule has 11 nitrogen and oxygen atoms in total. The third kappa shape index (κ3) is 8.43. The van der Waals surface area contributed by atoms with Crippen LogP contribution in [0, 0.1) is 0 Å². The first-order chi connectivity index (χ1) is 16.2. The first-order valence-electron chi connectivity index (χ1n) is 10.4. The Morgan fingerprint density at radius 3 is 2.35 bits per heavy atom. The number of carboxylic acid groups (broad SMARTS) is 1. The van der Waals surface area contributed by atoms with Crippen molar-refractivity contribution in [1.82, 2.24) is 9.55 Å². The van der Waals surface area contributed by atoms with E-state index in [9.17, 15) is 9.59 Å². The predicted molar refractivity (Wildman–Crippen MR) is 126 cm³/mol. The van der Waals surface area contributed by atoms with Gasteiger partial charge in [-0.1, -0.05) is 31.5 Å². The highest BCUT2D eigenvalue weighted by Gasteiger charge is 2.20. The number of aliphatic carboxylic acids is 1. The highest BCUT2D eigenvalue weighted by atomic mass is 35.5. The number of pyridine rings is 1. The Morgan fingerprint density at radius 1 is 1.21 bits per heavy atom. The maximum atomic E-state index is 11.9. The molecule has 6 N–H and O–H groups in total. The summed E-state index contributed by atoms with van der Waals surface area (Å²) < 4.78 is 12.0. The Bertz CT molecular complexity index is 1070. The first-order valence-corrected chi connectivity index (χ1v) is 10.8. The van der Waals surface area contributed by atoms with Crippen LogP contribution in [0.25, 0.3) is 11.1 Å². The molecule has 0 atom stereocenters. The number of hydrogen-bond acceptors (Lipinski definition) is 9. The number of aromatic nitrogens is 2. The third-order valence-corrected chi connectivity index (χ3v) is 4.61. The minimum Gasteiger partial charge on any atom is -0.486 e. The lowest BCUT2D eigenvalue weighted by Gasteiger charge is -2.20. The zero-order valence-corrected chi connectivity index (χ0v) is 19.7. The van der Waals surface area contributed by atoms with Crippen molar-refractivity contribution >= 4 is 28.7 Å². The minimum atomic E-state index is -1.21. The predicted octanol–water partition coefficient (Wildman–Crippen LogP) is 1.38. The van der Waals surface area contributed by atoms with Crippen molar-refractivity contribution in [3.63, 3.8) is 0 Å². The number of carboxylic acids is 1. The van der Waals surface area contributed by atoms with Gasteiger partial charge in [0.15, 0.2) is 5.58 Å². The fourth-order valence-corrected chi connectivity index (χ4v) is 2.59. The summed E-state index contributed by atoms with van der Waals surface area (Å²) in [6.45, 7) is 3.02. The molecule has 2 aromatic heterocycles. The molecule has 0 aliphatic rings. The molecule has 0 saturated heterocycles. The molecule has 0 bridgehead atoms. The van der Waals surface area contributed by atoms with Crippen LogP contribution in [0.15, 0.2) is 45.7 Å². The molecule has 188 valence electrons. The van der Waals surface area contributed by atoms with Gasteiger partial charge in [0.2, 0.25) is 0 Å². The van der Waals surface area contributed by atoms with Crippen LogP contribution in [0.1, 0.15) is 26.0 Å². The van der Waals surface area contributed by atoms with E-state index in [1.165, 1.54) is 16.7 Å². The van der Waals surface area contributed by atoms with E-state index in [1.54, 1.807) is 12.3 Å². The van der Waals surface area contributed by atoms with Gasteiger partial charge in [0.25, 0.3) is 0 Å². The summed E-state index contributed by atoms with van der Waals surface area (Å²) in [4.78, 5) is 26.7. The van der Waals surface area contributed by atoms with Crippen molar-refractivity contribution in [2.45, 2.75) is 39.0 Å². The Labute approximate surface area is 201 Å². The Kier molecular flexibility index (Phi) is 12.3. The quantitative estimate of drug-likeness (QED) is 0.288. The SMILES string of the molecule is CC.NC(CO)(CO)CO.O=C(O)CCn1c(=O)oc2cc(OCc3ccccn3)c(Cl)cc21. The van der Waals surface area contributed by atoms with Gasteiger partial charge in [-0.05, 0) is 18.2 Å². The maximum absolute atomic E-state index is 11.9. The number of rotatable bonds is 9. The van der Waals surface area contributed by atoms with E-state index in [0.29, 0.717) is 16.3 Å². The normalized spacial score (nSPS) is 10.7. The molecule has 0 aliphatic carbocycles. The van der Waals surface area contributed by atoms with Crippen molar-refractivity contribution in [3.05, 3.63) is 57.8 Å². The van der Waals surface area contributed by atoms with Gasteiger partial charge in [0.05, 0.1) is 48.0 Å². The van der Waals surface area contributed by atoms with Gasteiger partial charge in [0.1, 0.15) is 12.4 Å². The van der Waals surface area contributed by atoms with Crippen LogP contribution in [-0.4, -0.2) is 61.3 Å². The number of fused-ring (bicyclic) bond motifs is 1. The molecule has 0 fully saturated rings. The second kappa shape index (κ2) is 14.3. The van der Waals surface area contributed by atoms with Crippen LogP contribution in [0.5, 0.6) is 5.75 Å². The van der Waals surface area contributed by atoms with E-state index in [-0.39, 0.29) is 25.2 Å². The van der Waals surface area contributed by atoms with Crippen LogP contribution in [-0.2, 0) is 17.9 Å². The van der Waals surface area contributed by atoms with E-state index in [0.717, 1.165) is 5.69 Å². The summed E-state index contributed by atoms with van der Waals surface area (Å²) in [5.41, 5.74) is 5.38. The monoisotopic (exact) mass is 499 g/mol. The lowest BCUT2D eigenvalue weighted by molar-refractivity contribution is -0.137. The number of aliphatic hydroxyl groups excluding tert-OH is 3. The summed E-state index contributed by atoms with van der Waals surface area (Å²) in [5, 5.41) is 34.1. The number of ether oxygens (including phenoxy) is 1. The summed E-state index contributed by atoms with van der Waals surface area (Å²) in [7, 11) is 0. The smallest absolute Gasteiger partial charge is 0.419 e.